The van der Waals surface area contributed by atoms with Gasteiger partial charge in [0.1, 0.15) is 0 Å². The average molecular weight is 289 g/mol. The quantitative estimate of drug-likeness (QED) is 0.688. The lowest BCUT2D eigenvalue weighted by Crippen LogP contribution is -2.52. The van der Waals surface area contributed by atoms with E-state index in [0.717, 1.165) is 42.9 Å². The highest BCUT2D eigenvalue weighted by Crippen LogP contribution is 2.34. The summed E-state index contributed by atoms with van der Waals surface area (Å²) in [6.45, 7) is 1.76. The number of hydrazine groups is 1. The minimum absolute atomic E-state index is 0.826. The molecule has 0 aromatic carbocycles. The first-order valence-corrected chi connectivity index (χ1v) is 8.67. The van der Waals surface area contributed by atoms with Crippen LogP contribution in [0, 0.1) is 0 Å². The summed E-state index contributed by atoms with van der Waals surface area (Å²) in [5, 5.41) is 5.41. The topological polar surface area (TPSA) is 43.6 Å². The first-order valence-electron chi connectivity index (χ1n) is 7.44. The van der Waals surface area contributed by atoms with Crippen LogP contribution in [0.25, 0.3) is 0 Å². The van der Waals surface area contributed by atoms with Crippen molar-refractivity contribution in [3.63, 3.8) is 0 Å². The van der Waals surface area contributed by atoms with Gasteiger partial charge >= 0.3 is 0 Å². The van der Waals surface area contributed by atoms with Gasteiger partial charge in [0, 0.05) is 5.57 Å². The summed E-state index contributed by atoms with van der Waals surface area (Å²) in [5.41, 5.74) is 2.61. The summed E-state index contributed by atoms with van der Waals surface area (Å²) >= 11 is 1.69. The van der Waals surface area contributed by atoms with Crippen molar-refractivity contribution in [2.75, 3.05) is 19.3 Å². The van der Waals surface area contributed by atoms with E-state index in [9.17, 15) is 0 Å². The van der Waals surface area contributed by atoms with Gasteiger partial charge in [0.05, 0.1) is 18.8 Å². The molecule has 0 fully saturated rings. The van der Waals surface area contributed by atoms with Crippen LogP contribution in [0.2, 0.25) is 0 Å². The Morgan fingerprint density at radius 1 is 1.05 bits per heavy atom. The normalized spacial score (nSPS) is 25.4. The molecule has 0 saturated carbocycles. The number of allylic oxidation sites excluding steroid dienone is 1. The van der Waals surface area contributed by atoms with E-state index in [1.54, 1.807) is 11.8 Å². The zero-order valence-corrected chi connectivity index (χ0v) is 12.6. The third-order valence-corrected chi connectivity index (χ3v) is 4.91. The molecule has 0 N–H and O–H groups in total. The fraction of sp³-hybridized carbons (Fsp3) is 0.643. The van der Waals surface area contributed by atoms with Gasteiger partial charge in [-0.2, -0.15) is 10.0 Å². The first kappa shape index (κ1) is 12.4. The van der Waals surface area contributed by atoms with Crippen LogP contribution in [-0.2, 0) is 0 Å². The third-order valence-electron chi connectivity index (χ3n) is 4.25. The van der Waals surface area contributed by atoms with Gasteiger partial charge in [-0.3, -0.25) is 10.0 Å². The van der Waals surface area contributed by atoms with E-state index in [2.05, 4.69) is 21.3 Å². The maximum Gasteiger partial charge on any atom is 0.253 e. The Bertz CT molecular complexity index is 560. The number of hydrogen-bond acceptors (Lipinski definition) is 6. The number of rotatable bonds is 0. The highest BCUT2D eigenvalue weighted by atomic mass is 32.2. The molecule has 0 atom stereocenters. The van der Waals surface area contributed by atoms with Crippen LogP contribution in [0.3, 0.4) is 0 Å². The van der Waals surface area contributed by atoms with Gasteiger partial charge in [0.25, 0.3) is 5.96 Å². The Morgan fingerprint density at radius 3 is 2.75 bits per heavy atom. The molecule has 0 bridgehead atoms. The molecule has 0 amide bonds. The molecule has 1 aliphatic carbocycles. The smallest absolute Gasteiger partial charge is 0.253 e. The molecular weight excluding hydrogens is 270 g/mol. The second-order valence-corrected chi connectivity index (χ2v) is 6.26. The monoisotopic (exact) mass is 289 g/mol. The van der Waals surface area contributed by atoms with Gasteiger partial charge in [0.2, 0.25) is 0 Å². The predicted octanol–water partition coefficient (Wildman–Crippen LogP) is 2.63. The first-order chi connectivity index (χ1) is 9.88. The summed E-state index contributed by atoms with van der Waals surface area (Å²) in [6, 6.07) is 0. The van der Waals surface area contributed by atoms with Crippen molar-refractivity contribution < 1.29 is 0 Å². The van der Waals surface area contributed by atoms with Gasteiger partial charge in [0.15, 0.2) is 11.0 Å². The van der Waals surface area contributed by atoms with Crippen LogP contribution >= 0.6 is 11.8 Å². The number of guanidine groups is 1. The SMILES string of the molecule is CSC1=NC2=NC3=C(CCCCCC3)C3=NCCN1N23. The van der Waals surface area contributed by atoms with Crippen molar-refractivity contribution in [1.82, 2.24) is 10.0 Å². The van der Waals surface area contributed by atoms with Crippen molar-refractivity contribution >= 4 is 28.7 Å². The predicted molar refractivity (Wildman–Crippen MR) is 84.0 cm³/mol. The van der Waals surface area contributed by atoms with Gasteiger partial charge in [-0.05, 0) is 31.9 Å². The lowest BCUT2D eigenvalue weighted by Gasteiger charge is -2.38. The van der Waals surface area contributed by atoms with Crippen LogP contribution < -0.4 is 0 Å². The fourth-order valence-electron chi connectivity index (χ4n) is 3.28. The molecule has 0 saturated heterocycles. The van der Waals surface area contributed by atoms with Gasteiger partial charge in [-0.15, -0.1) is 0 Å². The van der Waals surface area contributed by atoms with Gasteiger partial charge in [-0.1, -0.05) is 24.6 Å². The number of amidine groups is 2. The van der Waals surface area contributed by atoms with Crippen LogP contribution in [0.4, 0.5) is 0 Å². The molecule has 0 spiro atoms. The van der Waals surface area contributed by atoms with E-state index in [1.165, 1.54) is 37.0 Å². The van der Waals surface area contributed by atoms with E-state index < -0.39 is 0 Å². The Balaban J connectivity index is 1.80. The highest BCUT2D eigenvalue weighted by Gasteiger charge is 2.40. The van der Waals surface area contributed by atoms with Crippen molar-refractivity contribution in [2.24, 2.45) is 15.0 Å². The van der Waals surface area contributed by atoms with Crippen molar-refractivity contribution in [2.45, 2.75) is 38.5 Å². The number of fused-ring (bicyclic) bond motifs is 1. The average Bonchev–Trinajstić information content (AvgIpc) is 2.80. The molecule has 4 rings (SSSR count). The van der Waals surface area contributed by atoms with E-state index in [1.807, 2.05) is 0 Å². The highest BCUT2D eigenvalue weighted by molar-refractivity contribution is 8.13. The van der Waals surface area contributed by atoms with E-state index in [-0.39, 0.29) is 0 Å². The molecule has 3 aliphatic heterocycles. The molecule has 4 aliphatic rings. The Labute approximate surface area is 123 Å². The van der Waals surface area contributed by atoms with E-state index in [4.69, 9.17) is 9.98 Å². The third kappa shape index (κ3) is 1.81. The second-order valence-electron chi connectivity index (χ2n) is 5.49. The molecule has 3 heterocycles. The largest absolute Gasteiger partial charge is 0.264 e. The number of aliphatic imine (C=N–C) groups is 3. The molecule has 0 aromatic rings. The minimum atomic E-state index is 0.826. The maximum absolute atomic E-state index is 4.85. The number of nitrogens with zero attached hydrogens (tertiary/aromatic N) is 5. The van der Waals surface area contributed by atoms with Crippen LogP contribution in [0.15, 0.2) is 26.2 Å². The lowest BCUT2D eigenvalue weighted by molar-refractivity contribution is 0.225. The molecule has 5 nitrogen and oxygen atoms in total. The molecular formula is C14H19N5S. The lowest BCUT2D eigenvalue weighted by atomic mass is 9.95. The molecule has 20 heavy (non-hydrogen) atoms. The zero-order valence-electron chi connectivity index (χ0n) is 11.8. The minimum Gasteiger partial charge on any atom is -0.264 e. The summed E-state index contributed by atoms with van der Waals surface area (Å²) in [6.07, 6.45) is 9.42. The van der Waals surface area contributed by atoms with Crippen molar-refractivity contribution in [1.29, 1.82) is 0 Å². The van der Waals surface area contributed by atoms with E-state index >= 15 is 0 Å². The molecule has 6 heteroatoms. The van der Waals surface area contributed by atoms with Crippen molar-refractivity contribution in [3.05, 3.63) is 11.3 Å². The maximum atomic E-state index is 4.85. The van der Waals surface area contributed by atoms with Crippen LogP contribution in [0.5, 0.6) is 0 Å². The zero-order chi connectivity index (χ0) is 13.5. The Hall–Kier alpha value is -1.30. The molecule has 106 valence electrons. The van der Waals surface area contributed by atoms with E-state index in [0.29, 0.717) is 0 Å². The number of hydrogen-bond donors (Lipinski definition) is 0. The van der Waals surface area contributed by atoms with Crippen molar-refractivity contribution in [3.8, 4) is 0 Å². The summed E-state index contributed by atoms with van der Waals surface area (Å²) < 4.78 is 0. The standard InChI is InChI=1S/C14H19N5S/c1-20-14-17-13-16-11-7-5-3-2-4-6-10(11)12-15-8-9-18(14)19(12)13/h2-9H2,1H3. The fourth-order valence-corrected chi connectivity index (χ4v) is 3.84. The van der Waals surface area contributed by atoms with Gasteiger partial charge < -0.3 is 0 Å². The molecule has 0 unspecified atom stereocenters. The number of thioether (sulfide) groups is 1. The molecule has 0 aromatic heterocycles. The Kier molecular flexibility index (Phi) is 3.06. The summed E-state index contributed by atoms with van der Waals surface area (Å²) in [7, 11) is 0. The summed E-state index contributed by atoms with van der Waals surface area (Å²) in [4.78, 5) is 14.3. The molecule has 0 radical (unpaired) electrons. The Morgan fingerprint density at radius 2 is 1.90 bits per heavy atom. The summed E-state index contributed by atoms with van der Waals surface area (Å²) in [5.74, 6) is 1.94. The van der Waals surface area contributed by atoms with Crippen LogP contribution in [0.1, 0.15) is 38.5 Å². The second kappa shape index (κ2) is 4.91. The van der Waals surface area contributed by atoms with Gasteiger partial charge in [-0.25, -0.2) is 4.99 Å². The van der Waals surface area contributed by atoms with Crippen LogP contribution in [-0.4, -0.2) is 46.3 Å².